The molecule has 1 atom stereocenters. The number of nitrogens with zero attached hydrogens (tertiary/aromatic N) is 1. The molecule has 1 aromatic rings. The maximum Gasteiger partial charge on any atom is 0.340 e. The van der Waals surface area contributed by atoms with Gasteiger partial charge in [0.15, 0.2) is 0 Å². The van der Waals surface area contributed by atoms with Gasteiger partial charge in [-0.25, -0.2) is 4.79 Å². The van der Waals surface area contributed by atoms with E-state index in [-0.39, 0.29) is 30.3 Å². The van der Waals surface area contributed by atoms with Crippen molar-refractivity contribution in [1.82, 2.24) is 15.2 Å². The van der Waals surface area contributed by atoms with Crippen LogP contribution in [0.15, 0.2) is 0 Å². The SMILES string of the molecule is CCOC(=O)c1c(C)[nH]c(C(=O)N2CCN[C@H](C)C2)c1C.Cl. The van der Waals surface area contributed by atoms with Crippen LogP contribution in [0.5, 0.6) is 0 Å². The summed E-state index contributed by atoms with van der Waals surface area (Å²) >= 11 is 0. The summed E-state index contributed by atoms with van der Waals surface area (Å²) in [6.45, 7) is 9.85. The first-order chi connectivity index (χ1) is 9.95. The molecule has 124 valence electrons. The van der Waals surface area contributed by atoms with Gasteiger partial charge < -0.3 is 19.9 Å². The maximum absolute atomic E-state index is 12.6. The summed E-state index contributed by atoms with van der Waals surface area (Å²) < 4.78 is 5.05. The molecular formula is C15H24ClN3O3. The zero-order valence-corrected chi connectivity index (χ0v) is 14.3. The van der Waals surface area contributed by atoms with Gasteiger partial charge in [-0.15, -0.1) is 12.4 Å². The molecular weight excluding hydrogens is 306 g/mol. The minimum atomic E-state index is -0.378. The average Bonchev–Trinajstić information content (AvgIpc) is 2.73. The molecule has 22 heavy (non-hydrogen) atoms. The number of halogens is 1. The highest BCUT2D eigenvalue weighted by molar-refractivity contribution is 6.00. The van der Waals surface area contributed by atoms with Gasteiger partial charge in [0, 0.05) is 31.4 Å². The van der Waals surface area contributed by atoms with Gasteiger partial charge in [0.2, 0.25) is 0 Å². The summed E-state index contributed by atoms with van der Waals surface area (Å²) in [7, 11) is 0. The highest BCUT2D eigenvalue weighted by atomic mass is 35.5. The van der Waals surface area contributed by atoms with Crippen LogP contribution in [0.1, 0.15) is 46.0 Å². The smallest absolute Gasteiger partial charge is 0.340 e. The van der Waals surface area contributed by atoms with E-state index >= 15 is 0 Å². The lowest BCUT2D eigenvalue weighted by atomic mass is 10.1. The van der Waals surface area contributed by atoms with Crippen molar-refractivity contribution in [1.29, 1.82) is 0 Å². The molecule has 0 aromatic carbocycles. The molecule has 0 bridgehead atoms. The van der Waals surface area contributed by atoms with Gasteiger partial charge in [-0.05, 0) is 33.3 Å². The number of aromatic amines is 1. The Bertz CT molecular complexity index is 556. The second kappa shape index (κ2) is 7.65. The highest BCUT2D eigenvalue weighted by Crippen LogP contribution is 2.21. The van der Waals surface area contributed by atoms with Crippen LogP contribution in [0.25, 0.3) is 0 Å². The number of hydrogen-bond donors (Lipinski definition) is 2. The standard InChI is InChI=1S/C15H23N3O3.ClH/c1-5-21-15(20)12-10(3)13(17-11(12)4)14(19)18-7-6-16-9(2)8-18;/h9,16-17H,5-8H2,1-4H3;1H/t9-;/m1./s1. The highest BCUT2D eigenvalue weighted by Gasteiger charge is 2.27. The van der Waals surface area contributed by atoms with Gasteiger partial charge in [0.25, 0.3) is 5.91 Å². The lowest BCUT2D eigenvalue weighted by molar-refractivity contribution is 0.0525. The van der Waals surface area contributed by atoms with Crippen LogP contribution >= 0.6 is 12.4 Å². The zero-order chi connectivity index (χ0) is 15.6. The fraction of sp³-hybridized carbons (Fsp3) is 0.600. The van der Waals surface area contributed by atoms with Gasteiger partial charge in [-0.3, -0.25) is 4.79 Å². The quantitative estimate of drug-likeness (QED) is 0.827. The lowest BCUT2D eigenvalue weighted by Gasteiger charge is -2.31. The Morgan fingerprint density at radius 2 is 2.05 bits per heavy atom. The first-order valence-electron chi connectivity index (χ1n) is 7.34. The van der Waals surface area contributed by atoms with Crippen molar-refractivity contribution >= 4 is 24.3 Å². The third-order valence-corrected chi connectivity index (χ3v) is 3.79. The second-order valence-electron chi connectivity index (χ2n) is 5.45. The Morgan fingerprint density at radius 1 is 1.36 bits per heavy atom. The van der Waals surface area contributed by atoms with E-state index in [2.05, 4.69) is 17.2 Å². The molecule has 2 heterocycles. The molecule has 1 amide bonds. The number of aryl methyl sites for hydroxylation is 1. The number of carbonyl (C=O) groups excluding carboxylic acids is 2. The largest absolute Gasteiger partial charge is 0.462 e. The van der Waals surface area contributed by atoms with Gasteiger partial charge in [-0.1, -0.05) is 0 Å². The molecule has 1 saturated heterocycles. The van der Waals surface area contributed by atoms with Crippen LogP contribution in [-0.2, 0) is 4.74 Å². The molecule has 2 rings (SSSR count). The Hall–Kier alpha value is -1.53. The molecule has 1 aliphatic rings. The number of amides is 1. The predicted molar refractivity (Wildman–Crippen MR) is 86.8 cm³/mol. The number of rotatable bonds is 3. The summed E-state index contributed by atoms with van der Waals surface area (Å²) in [6, 6.07) is 0.281. The molecule has 1 aliphatic heterocycles. The van der Waals surface area contributed by atoms with Gasteiger partial charge in [-0.2, -0.15) is 0 Å². The summed E-state index contributed by atoms with van der Waals surface area (Å²) in [5.41, 5.74) is 2.31. The van der Waals surface area contributed by atoms with E-state index in [1.165, 1.54) is 0 Å². The normalized spacial score (nSPS) is 17.8. The van der Waals surface area contributed by atoms with Crippen molar-refractivity contribution in [3.63, 3.8) is 0 Å². The zero-order valence-electron chi connectivity index (χ0n) is 13.5. The monoisotopic (exact) mass is 329 g/mol. The molecule has 1 aromatic heterocycles. The predicted octanol–water partition coefficient (Wildman–Crippen LogP) is 1.66. The van der Waals surface area contributed by atoms with E-state index in [0.717, 1.165) is 6.54 Å². The molecule has 7 heteroatoms. The lowest BCUT2D eigenvalue weighted by Crippen LogP contribution is -2.51. The minimum absolute atomic E-state index is 0. The van der Waals surface area contributed by atoms with Crippen molar-refractivity contribution < 1.29 is 14.3 Å². The molecule has 2 N–H and O–H groups in total. The Balaban J connectivity index is 0.00000242. The number of ether oxygens (including phenoxy) is 1. The number of H-pyrrole nitrogens is 1. The average molecular weight is 330 g/mol. The van der Waals surface area contributed by atoms with Crippen molar-refractivity contribution in [3.05, 3.63) is 22.5 Å². The van der Waals surface area contributed by atoms with Crippen LogP contribution < -0.4 is 5.32 Å². The molecule has 0 radical (unpaired) electrons. The van der Waals surface area contributed by atoms with E-state index in [0.29, 0.717) is 42.2 Å². The summed E-state index contributed by atoms with van der Waals surface area (Å²) in [5.74, 6) is -0.434. The molecule has 0 spiro atoms. The van der Waals surface area contributed by atoms with Crippen molar-refractivity contribution in [2.24, 2.45) is 0 Å². The minimum Gasteiger partial charge on any atom is -0.462 e. The van der Waals surface area contributed by atoms with E-state index in [1.54, 1.807) is 20.8 Å². The van der Waals surface area contributed by atoms with Crippen LogP contribution in [0.2, 0.25) is 0 Å². The van der Waals surface area contributed by atoms with E-state index in [4.69, 9.17) is 4.74 Å². The number of hydrogen-bond acceptors (Lipinski definition) is 4. The molecule has 0 aliphatic carbocycles. The Morgan fingerprint density at radius 3 is 2.64 bits per heavy atom. The second-order valence-corrected chi connectivity index (χ2v) is 5.45. The summed E-state index contributed by atoms with van der Waals surface area (Å²) in [5, 5.41) is 3.31. The number of carbonyl (C=O) groups is 2. The summed E-state index contributed by atoms with van der Waals surface area (Å²) in [6.07, 6.45) is 0. The van der Waals surface area contributed by atoms with E-state index < -0.39 is 0 Å². The third kappa shape index (κ3) is 3.62. The number of piperazine rings is 1. The first-order valence-corrected chi connectivity index (χ1v) is 7.34. The Kier molecular flexibility index (Phi) is 6.44. The maximum atomic E-state index is 12.6. The van der Waals surface area contributed by atoms with Crippen LogP contribution in [0.4, 0.5) is 0 Å². The Labute approximate surface area is 137 Å². The topological polar surface area (TPSA) is 74.4 Å². The third-order valence-electron chi connectivity index (χ3n) is 3.79. The number of esters is 1. The number of aromatic nitrogens is 1. The molecule has 6 nitrogen and oxygen atoms in total. The van der Waals surface area contributed by atoms with Crippen molar-refractivity contribution in [2.45, 2.75) is 33.7 Å². The van der Waals surface area contributed by atoms with Crippen LogP contribution in [-0.4, -0.2) is 54.0 Å². The van der Waals surface area contributed by atoms with Gasteiger partial charge in [0.05, 0.1) is 12.2 Å². The number of nitrogens with one attached hydrogen (secondary N) is 2. The van der Waals surface area contributed by atoms with E-state index in [9.17, 15) is 9.59 Å². The van der Waals surface area contributed by atoms with Gasteiger partial charge in [0.1, 0.15) is 5.69 Å². The van der Waals surface area contributed by atoms with Gasteiger partial charge >= 0.3 is 5.97 Å². The first kappa shape index (κ1) is 18.5. The molecule has 0 saturated carbocycles. The van der Waals surface area contributed by atoms with Crippen molar-refractivity contribution in [3.8, 4) is 0 Å². The fourth-order valence-electron chi connectivity index (χ4n) is 2.75. The van der Waals surface area contributed by atoms with Crippen LogP contribution in [0, 0.1) is 13.8 Å². The van der Waals surface area contributed by atoms with Crippen LogP contribution in [0.3, 0.4) is 0 Å². The summed E-state index contributed by atoms with van der Waals surface area (Å²) in [4.78, 5) is 29.5. The van der Waals surface area contributed by atoms with E-state index in [1.807, 2.05) is 4.90 Å². The molecule has 1 fully saturated rings. The molecule has 0 unspecified atom stereocenters. The van der Waals surface area contributed by atoms with Crippen molar-refractivity contribution in [2.75, 3.05) is 26.2 Å². The fourth-order valence-corrected chi connectivity index (χ4v) is 2.75.